The third-order valence-electron chi connectivity index (χ3n) is 5.00. The predicted octanol–water partition coefficient (Wildman–Crippen LogP) is 3.52. The van der Waals surface area contributed by atoms with Gasteiger partial charge in [0.1, 0.15) is 29.9 Å². The topological polar surface area (TPSA) is 57.2 Å². The summed E-state index contributed by atoms with van der Waals surface area (Å²) in [6.45, 7) is 2.87. The molecule has 5 nitrogen and oxygen atoms in total. The van der Waals surface area contributed by atoms with Gasteiger partial charge in [0.2, 0.25) is 0 Å². The fourth-order valence-corrected chi connectivity index (χ4v) is 4.50. The van der Waals surface area contributed by atoms with E-state index in [1.54, 1.807) is 11.8 Å². The monoisotopic (exact) mass is 402 g/mol. The molecule has 6 heteroatoms. The molecule has 0 amide bonds. The summed E-state index contributed by atoms with van der Waals surface area (Å²) in [4.78, 5) is 0. The predicted molar refractivity (Wildman–Crippen MR) is 108 cm³/mol. The molecule has 4 rings (SSSR count). The summed E-state index contributed by atoms with van der Waals surface area (Å²) in [5.41, 5.74) is 1.65. The first-order chi connectivity index (χ1) is 13.8. The maximum atomic E-state index is 10.9. The van der Waals surface area contributed by atoms with E-state index >= 15 is 0 Å². The van der Waals surface area contributed by atoms with E-state index in [-0.39, 0.29) is 11.5 Å². The van der Waals surface area contributed by atoms with Crippen LogP contribution in [-0.2, 0) is 25.6 Å². The number of rotatable bonds is 6. The van der Waals surface area contributed by atoms with Crippen LogP contribution in [0.5, 0.6) is 0 Å². The van der Waals surface area contributed by atoms with Gasteiger partial charge in [-0.25, -0.2) is 0 Å². The number of aliphatic hydroxyl groups excluding tert-OH is 1. The highest BCUT2D eigenvalue weighted by atomic mass is 32.2. The lowest BCUT2D eigenvalue weighted by Crippen LogP contribution is -2.61. The Kier molecular flexibility index (Phi) is 6.67. The minimum absolute atomic E-state index is 0.270. The smallest absolute Gasteiger partial charge is 0.184 e. The SMILES string of the molecule is CCS[C@@H]1O[C@@H]2COC(c3ccccc3)O[C@H]2[C@H](OCc2ccccc2)[C@H]1O. The van der Waals surface area contributed by atoms with Crippen molar-refractivity contribution in [2.75, 3.05) is 12.4 Å². The Hall–Kier alpha value is -1.41. The van der Waals surface area contributed by atoms with Gasteiger partial charge in [-0.15, -0.1) is 11.8 Å². The Balaban J connectivity index is 1.52. The first kappa shape index (κ1) is 19.9. The molecule has 0 aliphatic carbocycles. The normalized spacial score (nSPS) is 32.6. The van der Waals surface area contributed by atoms with E-state index in [1.165, 1.54) is 0 Å². The molecule has 150 valence electrons. The number of hydrogen-bond donors (Lipinski definition) is 1. The summed E-state index contributed by atoms with van der Waals surface area (Å²) in [6.07, 6.45) is -2.42. The van der Waals surface area contributed by atoms with Crippen molar-refractivity contribution >= 4 is 11.8 Å². The van der Waals surface area contributed by atoms with Crippen LogP contribution in [0.2, 0.25) is 0 Å². The van der Waals surface area contributed by atoms with E-state index in [2.05, 4.69) is 0 Å². The van der Waals surface area contributed by atoms with Crippen molar-refractivity contribution in [1.29, 1.82) is 0 Å². The van der Waals surface area contributed by atoms with Gasteiger partial charge < -0.3 is 24.1 Å². The molecule has 0 aromatic heterocycles. The van der Waals surface area contributed by atoms with Crippen LogP contribution in [0, 0.1) is 0 Å². The van der Waals surface area contributed by atoms with Gasteiger partial charge in [-0.05, 0) is 11.3 Å². The van der Waals surface area contributed by atoms with Crippen LogP contribution in [0.1, 0.15) is 24.3 Å². The molecule has 2 aliphatic rings. The molecule has 2 saturated heterocycles. The van der Waals surface area contributed by atoms with Gasteiger partial charge in [-0.1, -0.05) is 67.6 Å². The van der Waals surface area contributed by atoms with Gasteiger partial charge in [-0.2, -0.15) is 0 Å². The van der Waals surface area contributed by atoms with E-state index in [0.717, 1.165) is 16.9 Å². The molecule has 2 fully saturated rings. The molecule has 2 aliphatic heterocycles. The highest BCUT2D eigenvalue weighted by Crippen LogP contribution is 2.38. The number of aliphatic hydroxyl groups is 1. The quantitative estimate of drug-likeness (QED) is 0.798. The Morgan fingerprint density at radius 1 is 1.04 bits per heavy atom. The third kappa shape index (κ3) is 4.43. The minimum Gasteiger partial charge on any atom is -0.387 e. The summed E-state index contributed by atoms with van der Waals surface area (Å²) >= 11 is 1.58. The van der Waals surface area contributed by atoms with Crippen molar-refractivity contribution < 1.29 is 24.1 Å². The second kappa shape index (κ2) is 9.39. The molecule has 6 atom stereocenters. The van der Waals surface area contributed by atoms with Gasteiger partial charge in [0.25, 0.3) is 0 Å². The molecular weight excluding hydrogens is 376 g/mol. The van der Waals surface area contributed by atoms with Crippen molar-refractivity contribution in [3.05, 3.63) is 71.8 Å². The van der Waals surface area contributed by atoms with Crippen molar-refractivity contribution in [2.24, 2.45) is 0 Å². The number of benzene rings is 2. The first-order valence-corrected chi connectivity index (χ1v) is 10.7. The lowest BCUT2D eigenvalue weighted by molar-refractivity contribution is -0.325. The number of thioether (sulfide) groups is 1. The third-order valence-corrected chi connectivity index (χ3v) is 6.05. The molecule has 1 N–H and O–H groups in total. The average molecular weight is 403 g/mol. The van der Waals surface area contributed by atoms with Crippen molar-refractivity contribution in [1.82, 2.24) is 0 Å². The molecule has 2 aromatic carbocycles. The van der Waals surface area contributed by atoms with Gasteiger partial charge >= 0.3 is 0 Å². The van der Waals surface area contributed by atoms with E-state index in [1.807, 2.05) is 67.6 Å². The molecule has 0 spiro atoms. The average Bonchev–Trinajstić information content (AvgIpc) is 2.75. The highest BCUT2D eigenvalue weighted by molar-refractivity contribution is 7.99. The maximum absolute atomic E-state index is 10.9. The van der Waals surface area contributed by atoms with E-state index in [0.29, 0.717) is 13.2 Å². The zero-order valence-corrected chi connectivity index (χ0v) is 16.7. The number of hydrogen-bond acceptors (Lipinski definition) is 6. The Bertz CT molecular complexity index is 728. The van der Waals surface area contributed by atoms with E-state index in [9.17, 15) is 5.11 Å². The summed E-state index contributed by atoms with van der Waals surface area (Å²) in [7, 11) is 0. The van der Waals surface area contributed by atoms with Gasteiger partial charge in [-0.3, -0.25) is 0 Å². The van der Waals surface area contributed by atoms with Crippen LogP contribution in [0.15, 0.2) is 60.7 Å². The fourth-order valence-electron chi connectivity index (χ4n) is 3.60. The first-order valence-electron chi connectivity index (χ1n) is 9.69. The molecule has 0 radical (unpaired) electrons. The zero-order valence-electron chi connectivity index (χ0n) is 15.8. The second-order valence-corrected chi connectivity index (χ2v) is 8.30. The van der Waals surface area contributed by atoms with Gasteiger partial charge in [0, 0.05) is 5.56 Å². The Morgan fingerprint density at radius 3 is 2.46 bits per heavy atom. The molecule has 2 aromatic rings. The van der Waals surface area contributed by atoms with Crippen molar-refractivity contribution in [3.8, 4) is 0 Å². The van der Waals surface area contributed by atoms with Crippen LogP contribution in [-0.4, -0.2) is 47.3 Å². The zero-order chi connectivity index (χ0) is 19.3. The highest BCUT2D eigenvalue weighted by Gasteiger charge is 2.50. The van der Waals surface area contributed by atoms with Crippen LogP contribution in [0.4, 0.5) is 0 Å². The lowest BCUT2D eigenvalue weighted by atomic mass is 9.98. The molecular formula is C22H26O5S. The number of fused-ring (bicyclic) bond motifs is 1. The Labute approximate surface area is 169 Å². The summed E-state index contributed by atoms with van der Waals surface area (Å²) < 4.78 is 24.4. The van der Waals surface area contributed by atoms with E-state index < -0.39 is 24.6 Å². The van der Waals surface area contributed by atoms with Crippen LogP contribution in [0.25, 0.3) is 0 Å². The molecule has 1 unspecified atom stereocenters. The lowest BCUT2D eigenvalue weighted by Gasteiger charge is -2.47. The van der Waals surface area contributed by atoms with Gasteiger partial charge in [0.15, 0.2) is 6.29 Å². The molecule has 0 bridgehead atoms. The molecule has 28 heavy (non-hydrogen) atoms. The summed E-state index contributed by atoms with van der Waals surface area (Å²) in [5, 5.41) is 10.9. The number of ether oxygens (including phenoxy) is 4. The van der Waals surface area contributed by atoms with Crippen LogP contribution in [0.3, 0.4) is 0 Å². The fraction of sp³-hybridized carbons (Fsp3) is 0.455. The standard InChI is InChI=1S/C22H26O5S/c1-2-28-22-18(23)20(24-13-15-9-5-3-6-10-15)19-17(26-22)14-25-21(27-19)16-11-7-4-8-12-16/h3-12,17-23H,2,13-14H2,1H3/t17-,18-,19-,20-,21?,22+/m1/s1. The summed E-state index contributed by atoms with van der Waals surface area (Å²) in [6, 6.07) is 19.8. The maximum Gasteiger partial charge on any atom is 0.184 e. The van der Waals surface area contributed by atoms with Crippen molar-refractivity contribution in [2.45, 2.75) is 49.7 Å². The molecule has 2 heterocycles. The van der Waals surface area contributed by atoms with Crippen molar-refractivity contribution in [3.63, 3.8) is 0 Å². The van der Waals surface area contributed by atoms with Gasteiger partial charge in [0.05, 0.1) is 13.2 Å². The van der Waals surface area contributed by atoms with Crippen LogP contribution < -0.4 is 0 Å². The van der Waals surface area contributed by atoms with E-state index in [4.69, 9.17) is 18.9 Å². The minimum atomic E-state index is -0.774. The second-order valence-electron chi connectivity index (χ2n) is 6.93. The van der Waals surface area contributed by atoms with Crippen LogP contribution >= 0.6 is 11.8 Å². The Morgan fingerprint density at radius 2 is 1.75 bits per heavy atom. The summed E-state index contributed by atoms with van der Waals surface area (Å²) in [5.74, 6) is 0.846. The molecule has 0 saturated carbocycles. The largest absolute Gasteiger partial charge is 0.387 e.